The van der Waals surface area contributed by atoms with Crippen LogP contribution in [0.3, 0.4) is 0 Å². The fourth-order valence-electron chi connectivity index (χ4n) is 3.04. The van der Waals surface area contributed by atoms with E-state index in [1.165, 1.54) is 7.11 Å². The minimum absolute atomic E-state index is 0.0974. The van der Waals surface area contributed by atoms with Crippen LogP contribution in [-0.2, 0) is 16.0 Å². The van der Waals surface area contributed by atoms with E-state index in [4.69, 9.17) is 9.47 Å². The van der Waals surface area contributed by atoms with Crippen LogP contribution in [0, 0.1) is 0 Å². The van der Waals surface area contributed by atoms with E-state index in [0.29, 0.717) is 25.1 Å². The highest BCUT2D eigenvalue weighted by atomic mass is 16.5. The van der Waals surface area contributed by atoms with Gasteiger partial charge in [0.1, 0.15) is 11.8 Å². The second kappa shape index (κ2) is 5.76. The Bertz CT molecular complexity index is 569. The van der Waals surface area contributed by atoms with Gasteiger partial charge in [-0.2, -0.15) is 0 Å². The summed E-state index contributed by atoms with van der Waals surface area (Å²) in [5.41, 5.74) is 1.68. The molecule has 2 aliphatic heterocycles. The zero-order chi connectivity index (χ0) is 14.8. The fourth-order valence-corrected chi connectivity index (χ4v) is 3.04. The van der Waals surface area contributed by atoms with Gasteiger partial charge in [-0.25, -0.2) is 4.79 Å². The van der Waals surface area contributed by atoms with Gasteiger partial charge >= 0.3 is 5.97 Å². The van der Waals surface area contributed by atoms with Crippen molar-refractivity contribution < 1.29 is 19.1 Å². The molecular formula is C16H19NO4. The predicted octanol–water partition coefficient (Wildman–Crippen LogP) is 1.79. The van der Waals surface area contributed by atoms with Crippen molar-refractivity contribution in [3.63, 3.8) is 0 Å². The maximum atomic E-state index is 12.7. The summed E-state index contributed by atoms with van der Waals surface area (Å²) < 4.78 is 10.3. The monoisotopic (exact) mass is 289 g/mol. The van der Waals surface area contributed by atoms with E-state index in [-0.39, 0.29) is 11.9 Å². The molecule has 1 aromatic carbocycles. The molecule has 1 atom stereocenters. The van der Waals surface area contributed by atoms with Crippen LogP contribution in [0.25, 0.3) is 0 Å². The number of ether oxygens (including phenoxy) is 2. The highest BCUT2D eigenvalue weighted by Crippen LogP contribution is 2.27. The molecular weight excluding hydrogens is 270 g/mol. The van der Waals surface area contributed by atoms with E-state index < -0.39 is 6.04 Å². The minimum atomic E-state index is -0.458. The van der Waals surface area contributed by atoms with Gasteiger partial charge < -0.3 is 14.4 Å². The standard InChI is InChI=1S/C16H19NO4/c1-20-16(19)13-4-2-3-8-17(13)15(18)12-5-6-14-11(10-12)7-9-21-14/h5-6,10,13H,2-4,7-9H2,1H3. The Morgan fingerprint density at radius 2 is 2.19 bits per heavy atom. The van der Waals surface area contributed by atoms with Crippen molar-refractivity contribution in [3.8, 4) is 5.75 Å². The number of piperidine rings is 1. The van der Waals surface area contributed by atoms with Crippen molar-refractivity contribution in [1.82, 2.24) is 4.90 Å². The van der Waals surface area contributed by atoms with Crippen LogP contribution in [0.2, 0.25) is 0 Å². The molecule has 1 saturated heterocycles. The number of carbonyl (C=O) groups is 2. The molecule has 1 unspecified atom stereocenters. The summed E-state index contributed by atoms with van der Waals surface area (Å²) in [5.74, 6) is 0.432. The Hall–Kier alpha value is -2.04. The normalized spacial score (nSPS) is 20.6. The lowest BCUT2D eigenvalue weighted by atomic mass is 10.00. The topological polar surface area (TPSA) is 55.8 Å². The van der Waals surface area contributed by atoms with Crippen LogP contribution < -0.4 is 4.74 Å². The summed E-state index contributed by atoms with van der Waals surface area (Å²) in [5, 5.41) is 0. The Balaban J connectivity index is 1.84. The van der Waals surface area contributed by atoms with Gasteiger partial charge in [0.2, 0.25) is 0 Å². The number of rotatable bonds is 2. The van der Waals surface area contributed by atoms with Gasteiger partial charge in [0.25, 0.3) is 5.91 Å². The van der Waals surface area contributed by atoms with Crippen molar-refractivity contribution in [2.45, 2.75) is 31.7 Å². The zero-order valence-corrected chi connectivity index (χ0v) is 12.1. The predicted molar refractivity (Wildman–Crippen MR) is 76.3 cm³/mol. The first-order chi connectivity index (χ1) is 10.2. The number of nitrogens with zero attached hydrogens (tertiary/aromatic N) is 1. The number of likely N-dealkylation sites (tertiary alicyclic amines) is 1. The molecule has 5 nitrogen and oxygen atoms in total. The van der Waals surface area contributed by atoms with Crippen molar-refractivity contribution >= 4 is 11.9 Å². The van der Waals surface area contributed by atoms with E-state index in [9.17, 15) is 9.59 Å². The number of carbonyl (C=O) groups excluding carboxylic acids is 2. The quantitative estimate of drug-likeness (QED) is 0.779. The highest BCUT2D eigenvalue weighted by molar-refractivity contribution is 5.97. The van der Waals surface area contributed by atoms with Crippen molar-refractivity contribution in [2.24, 2.45) is 0 Å². The molecule has 0 bridgehead atoms. The second-order valence-electron chi connectivity index (χ2n) is 5.45. The van der Waals surface area contributed by atoms with Gasteiger partial charge in [0.05, 0.1) is 13.7 Å². The van der Waals surface area contributed by atoms with E-state index in [2.05, 4.69) is 0 Å². The first-order valence-corrected chi connectivity index (χ1v) is 7.35. The SMILES string of the molecule is COC(=O)C1CCCCN1C(=O)c1ccc2c(c1)CCO2. The molecule has 5 heteroatoms. The lowest BCUT2D eigenvalue weighted by molar-refractivity contribution is -0.147. The molecule has 1 amide bonds. The Kier molecular flexibility index (Phi) is 3.82. The van der Waals surface area contributed by atoms with Gasteiger partial charge in [0.15, 0.2) is 0 Å². The molecule has 21 heavy (non-hydrogen) atoms. The molecule has 0 aromatic heterocycles. The average molecular weight is 289 g/mol. The highest BCUT2D eigenvalue weighted by Gasteiger charge is 2.33. The molecule has 1 aromatic rings. The maximum Gasteiger partial charge on any atom is 0.328 e. The van der Waals surface area contributed by atoms with Crippen LogP contribution in [0.4, 0.5) is 0 Å². The zero-order valence-electron chi connectivity index (χ0n) is 12.1. The molecule has 2 aliphatic rings. The molecule has 112 valence electrons. The fraction of sp³-hybridized carbons (Fsp3) is 0.500. The lowest BCUT2D eigenvalue weighted by Crippen LogP contribution is -2.48. The van der Waals surface area contributed by atoms with Crippen LogP contribution >= 0.6 is 0 Å². The van der Waals surface area contributed by atoms with Crippen molar-refractivity contribution in [1.29, 1.82) is 0 Å². The first-order valence-electron chi connectivity index (χ1n) is 7.35. The van der Waals surface area contributed by atoms with Crippen LogP contribution in [0.15, 0.2) is 18.2 Å². The number of esters is 1. The van der Waals surface area contributed by atoms with E-state index in [1.807, 2.05) is 12.1 Å². The summed E-state index contributed by atoms with van der Waals surface area (Å²) in [4.78, 5) is 26.2. The molecule has 0 aliphatic carbocycles. The smallest absolute Gasteiger partial charge is 0.328 e. The number of hydrogen-bond acceptors (Lipinski definition) is 4. The summed E-state index contributed by atoms with van der Waals surface area (Å²) in [6, 6.07) is 5.04. The van der Waals surface area contributed by atoms with Gasteiger partial charge in [-0.05, 0) is 43.0 Å². The van der Waals surface area contributed by atoms with Crippen molar-refractivity contribution in [3.05, 3.63) is 29.3 Å². The Morgan fingerprint density at radius 3 is 3.00 bits per heavy atom. The van der Waals surface area contributed by atoms with Gasteiger partial charge in [0, 0.05) is 18.5 Å². The maximum absolute atomic E-state index is 12.7. The lowest BCUT2D eigenvalue weighted by Gasteiger charge is -2.33. The van der Waals surface area contributed by atoms with Crippen LogP contribution in [0.5, 0.6) is 5.75 Å². The molecule has 2 heterocycles. The number of benzene rings is 1. The third-order valence-corrected chi connectivity index (χ3v) is 4.17. The molecule has 3 rings (SSSR count). The molecule has 0 radical (unpaired) electrons. The number of amides is 1. The van der Waals surface area contributed by atoms with E-state index in [1.54, 1.807) is 11.0 Å². The summed E-state index contributed by atoms with van der Waals surface area (Å²) >= 11 is 0. The van der Waals surface area contributed by atoms with Gasteiger partial charge in [-0.15, -0.1) is 0 Å². The average Bonchev–Trinajstić information content (AvgIpc) is 3.01. The number of methoxy groups -OCH3 is 1. The molecule has 0 saturated carbocycles. The van der Waals surface area contributed by atoms with E-state index in [0.717, 1.165) is 30.6 Å². The van der Waals surface area contributed by atoms with Crippen molar-refractivity contribution in [2.75, 3.05) is 20.3 Å². The van der Waals surface area contributed by atoms with Gasteiger partial charge in [-0.3, -0.25) is 4.79 Å². The largest absolute Gasteiger partial charge is 0.493 e. The second-order valence-corrected chi connectivity index (χ2v) is 5.45. The summed E-state index contributed by atoms with van der Waals surface area (Å²) in [7, 11) is 1.37. The molecule has 0 spiro atoms. The van der Waals surface area contributed by atoms with Crippen LogP contribution in [0.1, 0.15) is 35.2 Å². The third kappa shape index (κ3) is 2.60. The number of hydrogen-bond donors (Lipinski definition) is 0. The summed E-state index contributed by atoms with van der Waals surface area (Å²) in [6.45, 7) is 1.27. The molecule has 1 fully saturated rings. The molecule has 0 N–H and O–H groups in total. The summed E-state index contributed by atoms with van der Waals surface area (Å²) in [6.07, 6.45) is 3.37. The first kappa shape index (κ1) is 13.9. The minimum Gasteiger partial charge on any atom is -0.493 e. The van der Waals surface area contributed by atoms with E-state index >= 15 is 0 Å². The Labute approximate surface area is 123 Å². The Morgan fingerprint density at radius 1 is 1.33 bits per heavy atom. The van der Waals surface area contributed by atoms with Gasteiger partial charge in [-0.1, -0.05) is 0 Å². The number of fused-ring (bicyclic) bond motifs is 1. The third-order valence-electron chi connectivity index (χ3n) is 4.17. The van der Waals surface area contributed by atoms with Crippen LogP contribution in [-0.4, -0.2) is 43.1 Å².